The van der Waals surface area contributed by atoms with Gasteiger partial charge in [-0.25, -0.2) is 0 Å². The van der Waals surface area contributed by atoms with E-state index in [0.717, 1.165) is 29.2 Å². The summed E-state index contributed by atoms with van der Waals surface area (Å²) in [6.07, 6.45) is 0. The van der Waals surface area contributed by atoms with Crippen molar-refractivity contribution in [3.8, 4) is 11.6 Å². The van der Waals surface area contributed by atoms with Gasteiger partial charge in [0.15, 0.2) is 0 Å². The molecular weight excluding hydrogens is 236 g/mol. The zero-order chi connectivity index (χ0) is 13.8. The van der Waals surface area contributed by atoms with Gasteiger partial charge < -0.3 is 10.1 Å². The van der Waals surface area contributed by atoms with Crippen molar-refractivity contribution in [2.45, 2.75) is 27.7 Å². The van der Waals surface area contributed by atoms with Gasteiger partial charge in [-0.2, -0.15) is 4.98 Å². The minimum absolute atomic E-state index is 0.621. The lowest BCUT2D eigenvalue weighted by Gasteiger charge is -2.13. The summed E-state index contributed by atoms with van der Waals surface area (Å²) in [6, 6.07) is 9.95. The minimum atomic E-state index is 0.621. The van der Waals surface area contributed by atoms with Crippen molar-refractivity contribution in [3.63, 3.8) is 0 Å². The monoisotopic (exact) mass is 256 g/mol. The molecule has 0 aliphatic carbocycles. The average molecular weight is 256 g/mol. The number of aromatic nitrogens is 1. The molecule has 2 aromatic rings. The molecule has 0 spiro atoms. The quantitative estimate of drug-likeness (QED) is 0.888. The summed E-state index contributed by atoms with van der Waals surface area (Å²) in [6.45, 7) is 9.11. The van der Waals surface area contributed by atoms with Crippen LogP contribution in [0.15, 0.2) is 30.3 Å². The molecule has 0 bridgehead atoms. The highest BCUT2D eigenvalue weighted by Crippen LogP contribution is 2.30. The highest BCUT2D eigenvalue weighted by Gasteiger charge is 2.08. The molecule has 0 radical (unpaired) electrons. The number of hydrogen-bond donors (Lipinski definition) is 1. The Bertz CT molecular complexity index is 579. The third-order valence-electron chi connectivity index (χ3n) is 3.16. The summed E-state index contributed by atoms with van der Waals surface area (Å²) in [5.41, 5.74) is 3.51. The number of benzene rings is 1. The Hall–Kier alpha value is -2.03. The van der Waals surface area contributed by atoms with E-state index in [4.69, 9.17) is 4.74 Å². The summed E-state index contributed by atoms with van der Waals surface area (Å²) in [5.74, 6) is 2.36. The number of rotatable bonds is 4. The molecule has 0 saturated heterocycles. The van der Waals surface area contributed by atoms with E-state index in [1.165, 1.54) is 5.56 Å². The predicted molar refractivity (Wildman–Crippen MR) is 79.1 cm³/mol. The molecule has 0 saturated carbocycles. The van der Waals surface area contributed by atoms with E-state index in [0.29, 0.717) is 5.88 Å². The van der Waals surface area contributed by atoms with Crippen LogP contribution in [-0.2, 0) is 0 Å². The van der Waals surface area contributed by atoms with Gasteiger partial charge in [0.1, 0.15) is 11.6 Å². The van der Waals surface area contributed by atoms with E-state index in [-0.39, 0.29) is 0 Å². The standard InChI is InChI=1S/C16H20N2O/c1-5-17-14-7-6-8-15(18-14)19-16-12(3)10-9-11(2)13(16)4/h6-10H,5H2,1-4H3,(H,17,18). The van der Waals surface area contributed by atoms with Crippen LogP contribution in [0.4, 0.5) is 5.82 Å². The Morgan fingerprint density at radius 1 is 1.05 bits per heavy atom. The molecule has 1 aromatic carbocycles. The van der Waals surface area contributed by atoms with E-state index < -0.39 is 0 Å². The summed E-state index contributed by atoms with van der Waals surface area (Å²) in [7, 11) is 0. The first kappa shape index (κ1) is 13.4. The Morgan fingerprint density at radius 2 is 1.79 bits per heavy atom. The van der Waals surface area contributed by atoms with E-state index in [2.05, 4.69) is 43.2 Å². The SMILES string of the molecule is CCNc1cccc(Oc2c(C)ccc(C)c2C)n1. The van der Waals surface area contributed by atoms with E-state index in [1.54, 1.807) is 0 Å². The molecule has 3 nitrogen and oxygen atoms in total. The smallest absolute Gasteiger partial charge is 0.221 e. The zero-order valence-electron chi connectivity index (χ0n) is 11.9. The maximum Gasteiger partial charge on any atom is 0.221 e. The molecule has 0 aliphatic rings. The van der Waals surface area contributed by atoms with Crippen molar-refractivity contribution in [1.82, 2.24) is 4.98 Å². The van der Waals surface area contributed by atoms with E-state index in [1.807, 2.05) is 25.1 Å². The fraction of sp³-hybridized carbons (Fsp3) is 0.312. The van der Waals surface area contributed by atoms with Crippen molar-refractivity contribution in [2.75, 3.05) is 11.9 Å². The first-order valence-electron chi connectivity index (χ1n) is 6.57. The fourth-order valence-corrected chi connectivity index (χ4v) is 1.94. The molecule has 0 atom stereocenters. The molecule has 1 aromatic heterocycles. The third kappa shape index (κ3) is 3.05. The molecule has 0 aliphatic heterocycles. The van der Waals surface area contributed by atoms with Crippen LogP contribution in [0.1, 0.15) is 23.6 Å². The van der Waals surface area contributed by atoms with Crippen molar-refractivity contribution >= 4 is 5.82 Å². The lowest BCUT2D eigenvalue weighted by molar-refractivity contribution is 0.456. The predicted octanol–water partition coefficient (Wildman–Crippen LogP) is 4.23. The highest BCUT2D eigenvalue weighted by atomic mass is 16.5. The summed E-state index contributed by atoms with van der Waals surface area (Å²) in [4.78, 5) is 4.44. The Balaban J connectivity index is 2.31. The van der Waals surface area contributed by atoms with Crippen LogP contribution in [0.25, 0.3) is 0 Å². The Kier molecular flexibility index (Phi) is 4.05. The van der Waals surface area contributed by atoms with Crippen LogP contribution in [0.3, 0.4) is 0 Å². The number of hydrogen-bond acceptors (Lipinski definition) is 3. The lowest BCUT2D eigenvalue weighted by Crippen LogP contribution is -2.00. The molecule has 100 valence electrons. The van der Waals surface area contributed by atoms with Crippen LogP contribution in [0.5, 0.6) is 11.6 Å². The second kappa shape index (κ2) is 5.74. The maximum atomic E-state index is 5.96. The van der Waals surface area contributed by atoms with Gasteiger partial charge in [-0.15, -0.1) is 0 Å². The van der Waals surface area contributed by atoms with Crippen LogP contribution in [-0.4, -0.2) is 11.5 Å². The van der Waals surface area contributed by atoms with Crippen LogP contribution in [0.2, 0.25) is 0 Å². The fourth-order valence-electron chi connectivity index (χ4n) is 1.94. The number of pyridine rings is 1. The molecule has 1 heterocycles. The number of nitrogens with zero attached hydrogens (tertiary/aromatic N) is 1. The molecule has 1 N–H and O–H groups in total. The number of anilines is 1. The molecular formula is C16H20N2O. The van der Waals surface area contributed by atoms with Crippen molar-refractivity contribution < 1.29 is 4.74 Å². The molecule has 0 unspecified atom stereocenters. The Labute approximate surface area is 114 Å². The Morgan fingerprint density at radius 3 is 2.53 bits per heavy atom. The van der Waals surface area contributed by atoms with E-state index >= 15 is 0 Å². The van der Waals surface area contributed by atoms with Gasteiger partial charge in [0.2, 0.25) is 5.88 Å². The molecule has 3 heteroatoms. The number of aryl methyl sites for hydroxylation is 2. The number of nitrogens with one attached hydrogen (secondary N) is 1. The first-order chi connectivity index (χ1) is 9.11. The largest absolute Gasteiger partial charge is 0.438 e. The second-order valence-corrected chi connectivity index (χ2v) is 4.65. The van der Waals surface area contributed by atoms with Gasteiger partial charge in [-0.3, -0.25) is 0 Å². The summed E-state index contributed by atoms with van der Waals surface area (Å²) < 4.78 is 5.96. The molecule has 2 rings (SSSR count). The summed E-state index contributed by atoms with van der Waals surface area (Å²) >= 11 is 0. The van der Waals surface area contributed by atoms with Crippen molar-refractivity contribution in [1.29, 1.82) is 0 Å². The molecule has 0 amide bonds. The van der Waals surface area contributed by atoms with Gasteiger partial charge in [-0.05, 0) is 50.5 Å². The maximum absolute atomic E-state index is 5.96. The minimum Gasteiger partial charge on any atom is -0.438 e. The van der Waals surface area contributed by atoms with Gasteiger partial charge in [-0.1, -0.05) is 18.2 Å². The summed E-state index contributed by atoms with van der Waals surface area (Å²) in [5, 5.41) is 3.18. The van der Waals surface area contributed by atoms with Crippen LogP contribution < -0.4 is 10.1 Å². The average Bonchev–Trinajstić information content (AvgIpc) is 2.40. The van der Waals surface area contributed by atoms with Gasteiger partial charge in [0.05, 0.1) is 0 Å². The second-order valence-electron chi connectivity index (χ2n) is 4.65. The normalized spacial score (nSPS) is 10.3. The van der Waals surface area contributed by atoms with E-state index in [9.17, 15) is 0 Å². The van der Waals surface area contributed by atoms with Crippen molar-refractivity contribution in [3.05, 3.63) is 47.0 Å². The first-order valence-corrected chi connectivity index (χ1v) is 6.57. The molecule has 19 heavy (non-hydrogen) atoms. The highest BCUT2D eigenvalue weighted by molar-refractivity contribution is 5.47. The van der Waals surface area contributed by atoms with Crippen LogP contribution >= 0.6 is 0 Å². The zero-order valence-corrected chi connectivity index (χ0v) is 11.9. The topological polar surface area (TPSA) is 34.1 Å². The van der Waals surface area contributed by atoms with Gasteiger partial charge >= 0.3 is 0 Å². The van der Waals surface area contributed by atoms with Crippen LogP contribution in [0, 0.1) is 20.8 Å². The third-order valence-corrected chi connectivity index (χ3v) is 3.16. The number of ether oxygens (including phenoxy) is 1. The molecule has 0 fully saturated rings. The van der Waals surface area contributed by atoms with Gasteiger partial charge in [0.25, 0.3) is 0 Å². The van der Waals surface area contributed by atoms with Crippen molar-refractivity contribution in [2.24, 2.45) is 0 Å². The lowest BCUT2D eigenvalue weighted by atomic mass is 10.1. The van der Waals surface area contributed by atoms with Gasteiger partial charge in [0, 0.05) is 12.6 Å².